The summed E-state index contributed by atoms with van der Waals surface area (Å²) in [5.74, 6) is 0.0637. The van der Waals surface area contributed by atoms with Gasteiger partial charge in [0.05, 0.1) is 6.54 Å². The molecular weight excluding hydrogens is 611 g/mol. The average Bonchev–Trinajstić information content (AvgIpc) is 3.43. The predicted octanol–water partition coefficient (Wildman–Crippen LogP) is 6.80. The van der Waals surface area contributed by atoms with Gasteiger partial charge in [-0.3, -0.25) is 14.5 Å². The van der Waals surface area contributed by atoms with Crippen molar-refractivity contribution in [2.75, 3.05) is 19.6 Å². The first-order valence-corrected chi connectivity index (χ1v) is 17.2. The molecule has 0 bridgehead atoms. The molecule has 47 heavy (non-hydrogen) atoms. The van der Waals surface area contributed by atoms with E-state index in [4.69, 9.17) is 0 Å². The van der Waals surface area contributed by atoms with Gasteiger partial charge in [0.25, 0.3) is 11.6 Å². The van der Waals surface area contributed by atoms with Crippen LogP contribution < -0.4 is 10.6 Å². The van der Waals surface area contributed by atoms with Crippen molar-refractivity contribution < 1.29 is 18.4 Å². The van der Waals surface area contributed by atoms with Crippen molar-refractivity contribution in [2.24, 2.45) is 5.92 Å². The number of alkyl halides is 2. The number of unbranched alkanes of at least 4 members (excludes halogenated alkanes) is 1. The Bertz CT molecular complexity index is 1730. The molecule has 8 heteroatoms. The van der Waals surface area contributed by atoms with Crippen molar-refractivity contribution in [3.63, 3.8) is 0 Å². The van der Waals surface area contributed by atoms with Crippen molar-refractivity contribution in [1.82, 2.24) is 15.5 Å². The molecule has 2 N–H and O–H groups in total. The summed E-state index contributed by atoms with van der Waals surface area (Å²) < 4.78 is 27.7. The van der Waals surface area contributed by atoms with Gasteiger partial charge in [-0.1, -0.05) is 113 Å². The second kappa shape index (κ2) is 12.9. The van der Waals surface area contributed by atoms with Crippen molar-refractivity contribution in [2.45, 2.75) is 55.3 Å². The number of nitrogens with zero attached hydrogens (tertiary/aromatic N) is 1. The van der Waals surface area contributed by atoms with Gasteiger partial charge in [-0.25, -0.2) is 8.78 Å². The van der Waals surface area contributed by atoms with Crippen LogP contribution in [-0.2, 0) is 16.6 Å². The molecule has 4 atom stereocenters. The van der Waals surface area contributed by atoms with Crippen molar-refractivity contribution >= 4 is 21.1 Å². The fourth-order valence-corrected chi connectivity index (χ4v) is 8.17. The molecule has 3 aliphatic rings. The van der Waals surface area contributed by atoms with E-state index in [2.05, 4.69) is 27.7 Å². The monoisotopic (exact) mass is 651 g/mol. The number of benzene rings is 4. The first-order valence-electron chi connectivity index (χ1n) is 16.6. The Hall–Kier alpha value is -3.93. The van der Waals surface area contributed by atoms with E-state index in [1.165, 1.54) is 14.8 Å². The van der Waals surface area contributed by atoms with Gasteiger partial charge in [-0.2, -0.15) is 0 Å². The minimum atomic E-state index is -3.08. The molecule has 5 nitrogen and oxygen atoms in total. The summed E-state index contributed by atoms with van der Waals surface area (Å²) in [7, 11) is 1.52. The summed E-state index contributed by atoms with van der Waals surface area (Å²) in [5, 5.41) is 5.91. The van der Waals surface area contributed by atoms with Crippen LogP contribution >= 0.6 is 9.24 Å². The highest BCUT2D eigenvalue weighted by molar-refractivity contribution is 7.18. The van der Waals surface area contributed by atoms with E-state index < -0.39 is 17.6 Å². The number of carbonyl (C=O) groups excluding carboxylic acids is 2. The Morgan fingerprint density at radius 3 is 2.19 bits per heavy atom. The van der Waals surface area contributed by atoms with Crippen LogP contribution in [0.15, 0.2) is 103 Å². The van der Waals surface area contributed by atoms with E-state index in [1.807, 2.05) is 91.0 Å². The third kappa shape index (κ3) is 6.24. The SMILES string of the molecule is O=C(NC1C2CCN(CCCCC3(C(=O)NCC(F)(F)P)c4ccccc4-c4ccccc43)C21)c1ccccc1Cc1ccccc1. The van der Waals surface area contributed by atoms with Crippen LogP contribution in [0.5, 0.6) is 0 Å². The van der Waals surface area contributed by atoms with Crippen LogP contribution in [0.3, 0.4) is 0 Å². The molecule has 1 aliphatic heterocycles. The zero-order chi connectivity index (χ0) is 32.6. The molecule has 2 amide bonds. The molecule has 4 aromatic carbocycles. The molecule has 4 unspecified atom stereocenters. The quantitative estimate of drug-likeness (QED) is 0.131. The maximum Gasteiger partial charge on any atom is 0.275 e. The molecule has 0 spiro atoms. The maximum atomic E-state index is 13.9. The normalized spacial score (nSPS) is 20.6. The molecule has 1 saturated carbocycles. The number of piperidine rings is 1. The standard InChI is InChI=1S/C39H40F2N3O2P/c40-39(41,47)25-42-37(46)38(32-18-8-6-16-29(32)30-17-7-9-19-33(30)38)21-10-11-22-44-23-20-31-34(35(31)44)43-36(45)28-15-5-4-14-27(28)24-26-12-2-1-3-13-26/h1-9,12-19,31,34-35H,10-11,20-25,47H2,(H,42,46)(H,43,45). The fraction of sp³-hybridized carbons (Fsp3) is 0.333. The molecule has 2 aliphatic carbocycles. The third-order valence-electron chi connectivity index (χ3n) is 10.3. The highest BCUT2D eigenvalue weighted by Gasteiger charge is 2.57. The second-order valence-corrected chi connectivity index (χ2v) is 14.0. The van der Waals surface area contributed by atoms with Crippen molar-refractivity contribution in [3.05, 3.63) is 131 Å². The topological polar surface area (TPSA) is 61.4 Å². The van der Waals surface area contributed by atoms with E-state index in [-0.39, 0.29) is 17.9 Å². The highest BCUT2D eigenvalue weighted by Crippen LogP contribution is 2.52. The highest BCUT2D eigenvalue weighted by atomic mass is 31.0. The summed E-state index contributed by atoms with van der Waals surface area (Å²) in [5.41, 5.74) is 2.55. The van der Waals surface area contributed by atoms with Crippen molar-refractivity contribution in [1.29, 1.82) is 0 Å². The summed E-state index contributed by atoms with van der Waals surface area (Å²) in [6.07, 6.45) is 3.91. The number of amides is 2. The van der Waals surface area contributed by atoms with Gasteiger partial charge in [0.15, 0.2) is 0 Å². The van der Waals surface area contributed by atoms with Crippen LogP contribution in [-0.4, -0.2) is 54.1 Å². The maximum absolute atomic E-state index is 13.9. The van der Waals surface area contributed by atoms with E-state index >= 15 is 0 Å². The van der Waals surface area contributed by atoms with Gasteiger partial charge in [-0.15, -0.1) is 0 Å². The van der Waals surface area contributed by atoms with E-state index in [1.54, 1.807) is 0 Å². The molecule has 0 aromatic heterocycles. The Morgan fingerprint density at radius 1 is 0.851 bits per heavy atom. The predicted molar refractivity (Wildman–Crippen MR) is 185 cm³/mol. The van der Waals surface area contributed by atoms with Crippen LogP contribution in [0.1, 0.15) is 58.3 Å². The van der Waals surface area contributed by atoms with Gasteiger partial charge in [0.2, 0.25) is 5.91 Å². The fourth-order valence-electron chi connectivity index (χ4n) is 8.07. The minimum absolute atomic E-state index is 0.0153. The molecule has 1 saturated heterocycles. The second-order valence-electron chi connectivity index (χ2n) is 13.2. The van der Waals surface area contributed by atoms with Crippen LogP contribution in [0.2, 0.25) is 0 Å². The van der Waals surface area contributed by atoms with Crippen LogP contribution in [0, 0.1) is 5.92 Å². The summed E-state index contributed by atoms with van der Waals surface area (Å²) >= 11 is 0. The zero-order valence-electron chi connectivity index (χ0n) is 26.3. The Morgan fingerprint density at radius 2 is 1.49 bits per heavy atom. The van der Waals surface area contributed by atoms with Gasteiger partial charge in [0, 0.05) is 17.6 Å². The number of halogens is 2. The minimum Gasteiger partial charge on any atom is -0.349 e. The van der Waals surface area contributed by atoms with Gasteiger partial charge in [-0.05, 0) is 84.1 Å². The first kappa shape index (κ1) is 31.7. The molecule has 0 radical (unpaired) electrons. The number of nitrogens with one attached hydrogen (secondary N) is 2. The van der Waals surface area contributed by atoms with E-state index in [0.29, 0.717) is 24.8 Å². The summed E-state index contributed by atoms with van der Waals surface area (Å²) in [6, 6.07) is 34.2. The Labute approximate surface area is 277 Å². The number of likely N-dealkylation sites (tertiary alicyclic amines) is 1. The van der Waals surface area contributed by atoms with Gasteiger partial charge >= 0.3 is 0 Å². The lowest BCUT2D eigenvalue weighted by molar-refractivity contribution is -0.126. The smallest absolute Gasteiger partial charge is 0.275 e. The number of carbonyl (C=O) groups is 2. The average molecular weight is 652 g/mol. The number of rotatable bonds is 12. The van der Waals surface area contributed by atoms with Gasteiger partial charge in [0.1, 0.15) is 5.41 Å². The molecule has 2 fully saturated rings. The third-order valence-corrected chi connectivity index (χ3v) is 10.5. The largest absolute Gasteiger partial charge is 0.349 e. The lowest BCUT2D eigenvalue weighted by atomic mass is 9.73. The van der Waals surface area contributed by atoms with Crippen LogP contribution in [0.4, 0.5) is 8.78 Å². The Balaban J connectivity index is 1.00. The molecule has 7 rings (SSSR count). The van der Waals surface area contributed by atoms with E-state index in [0.717, 1.165) is 65.7 Å². The van der Waals surface area contributed by atoms with E-state index in [9.17, 15) is 18.4 Å². The lowest BCUT2D eigenvalue weighted by Crippen LogP contribution is -2.47. The molecule has 1 heterocycles. The molecule has 4 aromatic rings. The first-order chi connectivity index (χ1) is 22.8. The van der Waals surface area contributed by atoms with Crippen molar-refractivity contribution in [3.8, 4) is 11.1 Å². The van der Waals surface area contributed by atoms with Crippen LogP contribution in [0.25, 0.3) is 11.1 Å². The summed E-state index contributed by atoms with van der Waals surface area (Å²) in [4.78, 5) is 29.9. The molecule has 242 valence electrons. The number of hydrogen-bond acceptors (Lipinski definition) is 3. The number of hydrogen-bond donors (Lipinski definition) is 2. The lowest BCUT2D eigenvalue weighted by Gasteiger charge is -2.32. The zero-order valence-corrected chi connectivity index (χ0v) is 27.5. The molecular formula is C39H40F2N3O2P. The van der Waals surface area contributed by atoms with Gasteiger partial charge < -0.3 is 10.6 Å². The Kier molecular flexibility index (Phi) is 8.71. The summed E-state index contributed by atoms with van der Waals surface area (Å²) in [6.45, 7) is 1.12. The number of fused-ring (bicyclic) bond motifs is 4.